The molecule has 5 rings (SSSR count). The molecular weight excluding hydrogens is 274 g/mol. The zero-order chi connectivity index (χ0) is 14.1. The summed E-state index contributed by atoms with van der Waals surface area (Å²) < 4.78 is 23.1. The average molecular weight is 291 g/mol. The summed E-state index contributed by atoms with van der Waals surface area (Å²) in [4.78, 5) is 4.49. The monoisotopic (exact) mass is 291 g/mol. The van der Waals surface area contributed by atoms with Crippen LogP contribution < -0.4 is 0 Å². The Balaban J connectivity index is 1.55. The SMILES string of the molecule is O[C@H]1CC2(CC[C@@]13OC1OC1c1cccnc13)OCCO2. The zero-order valence-electron chi connectivity index (χ0n) is 11.5. The first-order valence-corrected chi connectivity index (χ1v) is 7.47. The summed E-state index contributed by atoms with van der Waals surface area (Å²) in [5.41, 5.74) is 1.05. The van der Waals surface area contributed by atoms with Crippen molar-refractivity contribution < 1.29 is 24.1 Å². The van der Waals surface area contributed by atoms with E-state index in [2.05, 4.69) is 4.98 Å². The van der Waals surface area contributed by atoms with Gasteiger partial charge in [0.1, 0.15) is 11.7 Å². The number of fused-ring (bicyclic) bond motifs is 4. The highest BCUT2D eigenvalue weighted by atomic mass is 16.8. The molecule has 2 spiro atoms. The Hall–Kier alpha value is -1.05. The van der Waals surface area contributed by atoms with Crippen LogP contribution >= 0.6 is 0 Å². The molecular formula is C15H17NO5. The second kappa shape index (κ2) is 4.02. The number of rotatable bonds is 0. The third-order valence-corrected chi connectivity index (χ3v) is 5.06. The van der Waals surface area contributed by atoms with Gasteiger partial charge >= 0.3 is 0 Å². The van der Waals surface area contributed by atoms with Crippen LogP contribution in [0.2, 0.25) is 0 Å². The lowest BCUT2D eigenvalue weighted by Gasteiger charge is -2.47. The largest absolute Gasteiger partial charge is 0.389 e. The van der Waals surface area contributed by atoms with Gasteiger partial charge in [0.05, 0.1) is 25.0 Å². The van der Waals surface area contributed by atoms with Gasteiger partial charge in [0.15, 0.2) is 12.1 Å². The second-order valence-electron chi connectivity index (χ2n) is 6.20. The molecule has 1 aliphatic carbocycles. The number of pyridine rings is 1. The number of ether oxygens (including phenoxy) is 4. The van der Waals surface area contributed by atoms with E-state index in [4.69, 9.17) is 18.9 Å². The van der Waals surface area contributed by atoms with Crippen molar-refractivity contribution in [1.82, 2.24) is 4.98 Å². The molecule has 1 aromatic heterocycles. The minimum Gasteiger partial charge on any atom is -0.389 e. The van der Waals surface area contributed by atoms with Crippen molar-refractivity contribution in [3.05, 3.63) is 29.6 Å². The topological polar surface area (TPSA) is 73.3 Å². The second-order valence-corrected chi connectivity index (χ2v) is 6.20. The molecule has 0 bridgehead atoms. The highest BCUT2D eigenvalue weighted by molar-refractivity contribution is 5.35. The van der Waals surface area contributed by atoms with Crippen molar-refractivity contribution in [2.75, 3.05) is 13.2 Å². The molecule has 1 N–H and O–H groups in total. The van der Waals surface area contributed by atoms with Crippen molar-refractivity contribution in [2.24, 2.45) is 0 Å². The summed E-state index contributed by atoms with van der Waals surface area (Å²) in [7, 11) is 0. The highest BCUT2D eigenvalue weighted by Gasteiger charge is 2.62. The van der Waals surface area contributed by atoms with Gasteiger partial charge in [0.25, 0.3) is 0 Å². The zero-order valence-corrected chi connectivity index (χ0v) is 11.5. The molecule has 2 saturated heterocycles. The summed E-state index contributed by atoms with van der Waals surface area (Å²) >= 11 is 0. The van der Waals surface area contributed by atoms with Crippen molar-refractivity contribution in [1.29, 1.82) is 0 Å². The minimum atomic E-state index is -0.797. The molecule has 0 amide bonds. The fourth-order valence-corrected chi connectivity index (χ4v) is 3.95. The Morgan fingerprint density at radius 2 is 2.10 bits per heavy atom. The first kappa shape index (κ1) is 12.5. The molecule has 0 radical (unpaired) electrons. The standard InChI is InChI=1S/C15H17NO5/c17-10-8-14(18-6-7-19-14)3-4-15(10)12-9(2-1-5-16-12)11-13(20-11)21-15/h1-2,5,10-11,13,17H,3-4,6-8H2/t10-,11?,13?,15+/m0/s1. The van der Waals surface area contributed by atoms with Crippen LogP contribution in [0.3, 0.4) is 0 Å². The van der Waals surface area contributed by atoms with Crippen LogP contribution in [-0.2, 0) is 24.5 Å². The van der Waals surface area contributed by atoms with Gasteiger partial charge in [0.2, 0.25) is 0 Å². The molecule has 112 valence electrons. The molecule has 4 aliphatic rings. The predicted molar refractivity (Wildman–Crippen MR) is 69.1 cm³/mol. The normalized spacial score (nSPS) is 42.8. The number of epoxide rings is 1. The van der Waals surface area contributed by atoms with Crippen LogP contribution in [-0.4, -0.2) is 41.5 Å². The molecule has 1 aromatic rings. The molecule has 1 saturated carbocycles. The van der Waals surface area contributed by atoms with Crippen LogP contribution in [0, 0.1) is 0 Å². The number of nitrogens with zero attached hydrogens (tertiary/aromatic N) is 1. The summed E-state index contributed by atoms with van der Waals surface area (Å²) in [6, 6.07) is 3.91. The van der Waals surface area contributed by atoms with E-state index in [1.165, 1.54) is 0 Å². The molecule has 6 heteroatoms. The van der Waals surface area contributed by atoms with E-state index in [0.717, 1.165) is 11.3 Å². The smallest absolute Gasteiger partial charge is 0.190 e. The van der Waals surface area contributed by atoms with Gasteiger partial charge in [-0.25, -0.2) is 0 Å². The lowest BCUT2D eigenvalue weighted by Crippen LogP contribution is -2.55. The Kier molecular flexibility index (Phi) is 2.39. The number of hydrogen-bond acceptors (Lipinski definition) is 6. The van der Waals surface area contributed by atoms with E-state index in [9.17, 15) is 5.11 Å². The predicted octanol–water partition coefficient (Wildman–Crippen LogP) is 0.992. The molecule has 6 nitrogen and oxygen atoms in total. The van der Waals surface area contributed by atoms with Crippen molar-refractivity contribution in [2.45, 2.75) is 49.1 Å². The number of aliphatic hydroxyl groups is 1. The van der Waals surface area contributed by atoms with E-state index >= 15 is 0 Å². The van der Waals surface area contributed by atoms with Gasteiger partial charge in [-0.1, -0.05) is 6.07 Å². The van der Waals surface area contributed by atoms with Crippen LogP contribution in [0.4, 0.5) is 0 Å². The molecule has 4 heterocycles. The van der Waals surface area contributed by atoms with Crippen molar-refractivity contribution in [3.63, 3.8) is 0 Å². The minimum absolute atomic E-state index is 0.0265. The third kappa shape index (κ3) is 1.62. The lowest BCUT2D eigenvalue weighted by atomic mass is 9.74. The fourth-order valence-electron chi connectivity index (χ4n) is 3.95. The fraction of sp³-hybridized carbons (Fsp3) is 0.667. The summed E-state index contributed by atoms with van der Waals surface area (Å²) in [6.45, 7) is 1.17. The highest BCUT2D eigenvalue weighted by Crippen LogP contribution is 2.57. The van der Waals surface area contributed by atoms with Crippen molar-refractivity contribution in [3.8, 4) is 0 Å². The number of aliphatic hydroxyl groups excluding tert-OH is 1. The number of hydrogen-bond donors (Lipinski definition) is 1. The van der Waals surface area contributed by atoms with E-state index in [1.807, 2.05) is 12.1 Å². The summed E-state index contributed by atoms with van der Waals surface area (Å²) in [5, 5.41) is 10.8. The summed E-state index contributed by atoms with van der Waals surface area (Å²) in [5.74, 6) is -0.649. The molecule has 3 aliphatic heterocycles. The Labute approximate surface area is 122 Å². The van der Waals surface area contributed by atoms with Crippen LogP contribution in [0.15, 0.2) is 18.3 Å². The maximum Gasteiger partial charge on any atom is 0.190 e. The lowest BCUT2D eigenvalue weighted by molar-refractivity contribution is -0.262. The maximum absolute atomic E-state index is 10.8. The van der Waals surface area contributed by atoms with Gasteiger partial charge in [-0.2, -0.15) is 0 Å². The van der Waals surface area contributed by atoms with Gasteiger partial charge in [-0.05, 0) is 12.5 Å². The number of aromatic nitrogens is 1. The van der Waals surface area contributed by atoms with Gasteiger partial charge in [-0.3, -0.25) is 4.98 Å². The van der Waals surface area contributed by atoms with Crippen molar-refractivity contribution >= 4 is 0 Å². The van der Waals surface area contributed by atoms with Crippen LogP contribution in [0.25, 0.3) is 0 Å². The summed E-state index contributed by atoms with van der Waals surface area (Å²) in [6.07, 6.45) is 2.45. The van der Waals surface area contributed by atoms with Gasteiger partial charge < -0.3 is 24.1 Å². The van der Waals surface area contributed by atoms with Gasteiger partial charge in [-0.15, -0.1) is 0 Å². The average Bonchev–Trinajstić information content (AvgIpc) is 3.15. The first-order chi connectivity index (χ1) is 10.2. The Morgan fingerprint density at radius 3 is 2.90 bits per heavy atom. The maximum atomic E-state index is 10.8. The Bertz CT molecular complexity index is 587. The molecule has 2 unspecified atom stereocenters. The molecule has 21 heavy (non-hydrogen) atoms. The molecule has 3 fully saturated rings. The molecule has 0 aromatic carbocycles. The van der Waals surface area contributed by atoms with Crippen LogP contribution in [0.5, 0.6) is 0 Å². The van der Waals surface area contributed by atoms with E-state index in [0.29, 0.717) is 32.5 Å². The third-order valence-electron chi connectivity index (χ3n) is 5.06. The van der Waals surface area contributed by atoms with Gasteiger partial charge in [0, 0.05) is 24.6 Å². The molecule has 4 atom stereocenters. The van der Waals surface area contributed by atoms with E-state index < -0.39 is 17.5 Å². The first-order valence-electron chi connectivity index (χ1n) is 7.47. The van der Waals surface area contributed by atoms with E-state index in [1.54, 1.807) is 6.20 Å². The quantitative estimate of drug-likeness (QED) is 0.719. The van der Waals surface area contributed by atoms with E-state index in [-0.39, 0.29) is 12.4 Å². The van der Waals surface area contributed by atoms with Crippen LogP contribution in [0.1, 0.15) is 36.6 Å². The Morgan fingerprint density at radius 1 is 1.24 bits per heavy atom.